The highest BCUT2D eigenvalue weighted by Gasteiger charge is 2.14. The Hall–Kier alpha value is -1.96. The van der Waals surface area contributed by atoms with E-state index in [-0.39, 0.29) is 18.0 Å². The predicted molar refractivity (Wildman–Crippen MR) is 84.0 cm³/mol. The number of sulfonamides is 1. The van der Waals surface area contributed by atoms with Crippen LogP contribution in [-0.4, -0.2) is 13.3 Å². The number of benzene rings is 2. The number of non-ortho nitro benzene ring substituents is 1. The molecule has 1 N–H and O–H groups in total. The summed E-state index contributed by atoms with van der Waals surface area (Å²) in [5.41, 5.74) is 0.867. The molecule has 6 nitrogen and oxygen atoms in total. The van der Waals surface area contributed by atoms with Gasteiger partial charge in [0.2, 0.25) is 10.0 Å². The maximum absolute atomic E-state index is 12.0. The molecule has 0 aromatic heterocycles. The zero-order valence-corrected chi connectivity index (χ0v) is 13.0. The molecule has 22 heavy (non-hydrogen) atoms. The molecule has 116 valence electrons. The Balaban J connectivity index is 2.07. The molecule has 0 saturated carbocycles. The van der Waals surface area contributed by atoms with Crippen molar-refractivity contribution >= 4 is 27.3 Å². The van der Waals surface area contributed by atoms with Crippen molar-refractivity contribution in [2.75, 3.05) is 0 Å². The van der Waals surface area contributed by atoms with E-state index < -0.39 is 14.9 Å². The van der Waals surface area contributed by atoms with Crippen LogP contribution in [0.4, 0.5) is 5.69 Å². The van der Waals surface area contributed by atoms with E-state index >= 15 is 0 Å². The van der Waals surface area contributed by atoms with Crippen LogP contribution in [-0.2, 0) is 22.3 Å². The minimum Gasteiger partial charge on any atom is -0.258 e. The molecule has 0 heterocycles. The lowest BCUT2D eigenvalue weighted by molar-refractivity contribution is -0.384. The minimum absolute atomic E-state index is 0.0664. The molecule has 2 rings (SSSR count). The highest BCUT2D eigenvalue weighted by molar-refractivity contribution is 7.88. The Labute approximate surface area is 132 Å². The van der Waals surface area contributed by atoms with Crippen LogP contribution in [0, 0.1) is 10.1 Å². The molecule has 0 spiro atoms. The van der Waals surface area contributed by atoms with Crippen LogP contribution in [0.15, 0.2) is 48.5 Å². The highest BCUT2D eigenvalue weighted by Crippen LogP contribution is 2.17. The molecule has 0 atom stereocenters. The van der Waals surface area contributed by atoms with Gasteiger partial charge in [-0.05, 0) is 17.2 Å². The van der Waals surface area contributed by atoms with Gasteiger partial charge in [-0.25, -0.2) is 13.1 Å². The van der Waals surface area contributed by atoms with Gasteiger partial charge in [0.1, 0.15) is 0 Å². The fourth-order valence-electron chi connectivity index (χ4n) is 1.86. The van der Waals surface area contributed by atoms with Crippen LogP contribution < -0.4 is 4.72 Å². The van der Waals surface area contributed by atoms with Crippen LogP contribution in [0.5, 0.6) is 0 Å². The zero-order chi connectivity index (χ0) is 16.2. The van der Waals surface area contributed by atoms with Gasteiger partial charge in [0.05, 0.1) is 10.7 Å². The van der Waals surface area contributed by atoms with Gasteiger partial charge >= 0.3 is 0 Å². The summed E-state index contributed by atoms with van der Waals surface area (Å²) in [7, 11) is -3.62. The van der Waals surface area contributed by atoms with Gasteiger partial charge in [-0.2, -0.15) is 0 Å². The van der Waals surface area contributed by atoms with E-state index in [1.807, 2.05) is 0 Å². The summed E-state index contributed by atoms with van der Waals surface area (Å²) in [5, 5.41) is 11.2. The molecular weight excluding hydrogens is 328 g/mol. The van der Waals surface area contributed by atoms with Gasteiger partial charge < -0.3 is 0 Å². The van der Waals surface area contributed by atoms with Crippen molar-refractivity contribution in [3.63, 3.8) is 0 Å². The number of nitrogens with one attached hydrogen (secondary N) is 1. The first-order valence-electron chi connectivity index (χ1n) is 6.31. The van der Waals surface area contributed by atoms with E-state index in [0.29, 0.717) is 16.1 Å². The fourth-order valence-corrected chi connectivity index (χ4v) is 3.16. The number of nitro benzene ring substituents is 1. The Morgan fingerprint density at radius 2 is 1.86 bits per heavy atom. The molecular formula is C14H13ClN2O4S. The van der Waals surface area contributed by atoms with Crippen molar-refractivity contribution in [1.82, 2.24) is 4.72 Å². The quantitative estimate of drug-likeness (QED) is 0.646. The second kappa shape index (κ2) is 6.87. The second-order valence-corrected chi connectivity index (χ2v) is 6.81. The molecule has 0 radical (unpaired) electrons. The van der Waals surface area contributed by atoms with Crippen molar-refractivity contribution < 1.29 is 13.3 Å². The highest BCUT2D eigenvalue weighted by atomic mass is 35.5. The molecule has 0 unspecified atom stereocenters. The number of halogens is 1. The Kier molecular flexibility index (Phi) is 5.12. The molecule has 0 aliphatic heterocycles. The lowest BCUT2D eigenvalue weighted by Crippen LogP contribution is -2.24. The number of hydrogen-bond acceptors (Lipinski definition) is 4. The lowest BCUT2D eigenvalue weighted by atomic mass is 10.2. The Morgan fingerprint density at radius 3 is 2.55 bits per heavy atom. The number of hydrogen-bond donors (Lipinski definition) is 1. The molecule has 8 heteroatoms. The van der Waals surface area contributed by atoms with Gasteiger partial charge in [-0.1, -0.05) is 41.9 Å². The summed E-state index contributed by atoms with van der Waals surface area (Å²) in [4.78, 5) is 10.1. The first kappa shape index (κ1) is 16.4. The van der Waals surface area contributed by atoms with Crippen LogP contribution in [0.3, 0.4) is 0 Å². The topological polar surface area (TPSA) is 89.3 Å². The molecule has 0 bridgehead atoms. The summed E-state index contributed by atoms with van der Waals surface area (Å²) in [6.45, 7) is 0.0664. The number of nitrogens with zero attached hydrogens (tertiary/aromatic N) is 1. The van der Waals surface area contributed by atoms with Gasteiger partial charge in [-0.3, -0.25) is 10.1 Å². The summed E-state index contributed by atoms with van der Waals surface area (Å²) in [6, 6.07) is 12.4. The molecule has 0 saturated heterocycles. The van der Waals surface area contributed by atoms with Crippen molar-refractivity contribution in [2.45, 2.75) is 12.3 Å². The molecule has 0 aliphatic rings. The van der Waals surface area contributed by atoms with Crippen molar-refractivity contribution in [3.8, 4) is 0 Å². The Morgan fingerprint density at radius 1 is 1.14 bits per heavy atom. The maximum Gasteiger partial charge on any atom is 0.269 e. The zero-order valence-electron chi connectivity index (χ0n) is 11.4. The first-order chi connectivity index (χ1) is 10.4. The van der Waals surface area contributed by atoms with E-state index in [1.165, 1.54) is 24.3 Å². The summed E-state index contributed by atoms with van der Waals surface area (Å²) in [6.07, 6.45) is 0. The largest absolute Gasteiger partial charge is 0.269 e. The van der Waals surface area contributed by atoms with E-state index in [2.05, 4.69) is 4.72 Å². The molecule has 0 amide bonds. The van der Waals surface area contributed by atoms with E-state index in [0.717, 1.165) is 0 Å². The van der Waals surface area contributed by atoms with E-state index in [1.54, 1.807) is 24.3 Å². The second-order valence-electron chi connectivity index (χ2n) is 4.60. The summed E-state index contributed by atoms with van der Waals surface area (Å²) >= 11 is 5.96. The van der Waals surface area contributed by atoms with Gasteiger partial charge in [-0.15, -0.1) is 0 Å². The van der Waals surface area contributed by atoms with Gasteiger partial charge in [0.15, 0.2) is 0 Å². The van der Waals surface area contributed by atoms with Gasteiger partial charge in [0.25, 0.3) is 5.69 Å². The lowest BCUT2D eigenvalue weighted by Gasteiger charge is -2.08. The van der Waals surface area contributed by atoms with E-state index in [9.17, 15) is 18.5 Å². The Bertz CT molecular complexity index is 793. The maximum atomic E-state index is 12.0. The molecule has 2 aromatic rings. The summed E-state index contributed by atoms with van der Waals surface area (Å²) < 4.78 is 26.5. The predicted octanol–water partition coefficient (Wildman–Crippen LogP) is 2.87. The minimum atomic E-state index is -3.62. The third kappa shape index (κ3) is 4.52. The SMILES string of the molecule is O=[N+]([O-])c1cccc(CS(=O)(=O)NCc2ccccc2Cl)c1. The monoisotopic (exact) mass is 340 g/mol. The van der Waals surface area contributed by atoms with Crippen molar-refractivity contribution in [1.29, 1.82) is 0 Å². The van der Waals surface area contributed by atoms with E-state index in [4.69, 9.17) is 11.6 Å². The summed E-state index contributed by atoms with van der Waals surface area (Å²) in [5.74, 6) is -0.334. The number of rotatable bonds is 6. The fraction of sp³-hybridized carbons (Fsp3) is 0.143. The standard InChI is InChI=1S/C14H13ClN2O4S/c15-14-7-2-1-5-12(14)9-16-22(20,21)10-11-4-3-6-13(8-11)17(18)19/h1-8,16H,9-10H2. The van der Waals surface area contributed by atoms with Crippen LogP contribution >= 0.6 is 11.6 Å². The normalized spacial score (nSPS) is 11.3. The average molecular weight is 341 g/mol. The van der Waals surface area contributed by atoms with Crippen LogP contribution in [0.25, 0.3) is 0 Å². The molecule has 2 aromatic carbocycles. The van der Waals surface area contributed by atoms with Crippen LogP contribution in [0.2, 0.25) is 5.02 Å². The smallest absolute Gasteiger partial charge is 0.258 e. The number of nitro groups is 1. The third-order valence-corrected chi connectivity index (χ3v) is 4.58. The van der Waals surface area contributed by atoms with Crippen molar-refractivity contribution in [3.05, 3.63) is 74.8 Å². The van der Waals surface area contributed by atoms with Crippen LogP contribution in [0.1, 0.15) is 11.1 Å². The van der Waals surface area contributed by atoms with Crippen molar-refractivity contribution in [2.24, 2.45) is 0 Å². The molecule has 0 aliphatic carbocycles. The van der Waals surface area contributed by atoms with Gasteiger partial charge in [0, 0.05) is 23.7 Å². The molecule has 0 fully saturated rings. The first-order valence-corrected chi connectivity index (χ1v) is 8.34. The average Bonchev–Trinajstić information content (AvgIpc) is 2.46. The third-order valence-electron chi connectivity index (χ3n) is 2.92.